The molecule has 0 amide bonds. The number of hydrogen-bond acceptors (Lipinski definition) is 2. The largest absolute Gasteiger partial charge is 0.299 e. The Morgan fingerprint density at radius 1 is 1.33 bits per heavy atom. The van der Waals surface area contributed by atoms with Gasteiger partial charge in [-0.2, -0.15) is 0 Å². The Balaban J connectivity index is 4.11. The first-order valence-corrected chi connectivity index (χ1v) is 4.41. The van der Waals surface area contributed by atoms with Gasteiger partial charge in [-0.3, -0.25) is 9.79 Å². The van der Waals surface area contributed by atoms with Crippen molar-refractivity contribution >= 4 is 11.5 Å². The molecule has 0 heterocycles. The topological polar surface area (TPSA) is 29.4 Å². The normalized spacial score (nSPS) is 13.2. The standard InChI is InChI=1S/C10H19NO/c1-6-11-8(2)7-9(12)10(3,4)5/h6-7H2,1-5H3/b11-8+. The molecule has 70 valence electrons. The predicted octanol–water partition coefficient (Wildman–Crippen LogP) is 2.47. The van der Waals surface area contributed by atoms with Gasteiger partial charge in [0, 0.05) is 24.1 Å². The average Bonchev–Trinajstić information content (AvgIpc) is 1.85. The van der Waals surface area contributed by atoms with Gasteiger partial charge in [0.1, 0.15) is 5.78 Å². The number of ketones is 1. The smallest absolute Gasteiger partial charge is 0.143 e. The summed E-state index contributed by atoms with van der Waals surface area (Å²) in [6.07, 6.45) is 0.497. The maximum Gasteiger partial charge on any atom is 0.143 e. The van der Waals surface area contributed by atoms with Gasteiger partial charge in [0.05, 0.1) is 0 Å². The highest BCUT2D eigenvalue weighted by Gasteiger charge is 2.20. The Hall–Kier alpha value is -0.660. The van der Waals surface area contributed by atoms with Crippen LogP contribution in [0.2, 0.25) is 0 Å². The van der Waals surface area contributed by atoms with Gasteiger partial charge in [-0.05, 0) is 13.8 Å². The quantitative estimate of drug-likeness (QED) is 0.597. The number of rotatable bonds is 3. The SMILES string of the molecule is CC/N=C(\C)CC(=O)C(C)(C)C. The zero-order chi connectivity index (χ0) is 9.78. The molecule has 0 aliphatic carbocycles. The van der Waals surface area contributed by atoms with Gasteiger partial charge in [0.15, 0.2) is 0 Å². The third-order valence-corrected chi connectivity index (χ3v) is 1.68. The van der Waals surface area contributed by atoms with E-state index >= 15 is 0 Å². The van der Waals surface area contributed by atoms with Crippen molar-refractivity contribution in [2.45, 2.75) is 41.0 Å². The van der Waals surface area contributed by atoms with E-state index in [4.69, 9.17) is 0 Å². The van der Waals surface area contributed by atoms with Gasteiger partial charge in [0.2, 0.25) is 0 Å². The summed E-state index contributed by atoms with van der Waals surface area (Å²) in [4.78, 5) is 15.6. The molecule has 0 unspecified atom stereocenters. The average molecular weight is 169 g/mol. The molecule has 12 heavy (non-hydrogen) atoms. The van der Waals surface area contributed by atoms with E-state index in [1.54, 1.807) is 0 Å². The van der Waals surface area contributed by atoms with Crippen molar-refractivity contribution in [2.24, 2.45) is 10.4 Å². The van der Waals surface area contributed by atoms with Crippen LogP contribution in [0.15, 0.2) is 4.99 Å². The summed E-state index contributed by atoms with van der Waals surface area (Å²) in [5.74, 6) is 0.261. The number of Topliss-reactive ketones (excluding diaryl/α,β-unsaturated/α-hetero) is 1. The van der Waals surface area contributed by atoms with E-state index in [1.807, 2.05) is 34.6 Å². The second-order valence-electron chi connectivity index (χ2n) is 4.06. The molecule has 0 saturated heterocycles. The molecule has 2 nitrogen and oxygen atoms in total. The van der Waals surface area contributed by atoms with E-state index in [9.17, 15) is 4.79 Å². The van der Waals surface area contributed by atoms with Crippen molar-refractivity contribution in [1.82, 2.24) is 0 Å². The lowest BCUT2D eigenvalue weighted by Gasteiger charge is -2.15. The Morgan fingerprint density at radius 3 is 2.17 bits per heavy atom. The van der Waals surface area contributed by atoms with Crippen LogP contribution in [0.25, 0.3) is 0 Å². The minimum absolute atomic E-state index is 0.232. The summed E-state index contributed by atoms with van der Waals surface area (Å²) in [7, 11) is 0. The number of nitrogens with zero attached hydrogens (tertiary/aromatic N) is 1. The van der Waals surface area contributed by atoms with Crippen molar-refractivity contribution in [1.29, 1.82) is 0 Å². The van der Waals surface area contributed by atoms with Crippen LogP contribution in [-0.2, 0) is 4.79 Å². The van der Waals surface area contributed by atoms with E-state index in [1.165, 1.54) is 0 Å². The maximum atomic E-state index is 11.5. The third kappa shape index (κ3) is 4.27. The lowest BCUT2D eigenvalue weighted by atomic mass is 9.88. The molecule has 0 aromatic carbocycles. The number of hydrogen-bond donors (Lipinski definition) is 0. The summed E-state index contributed by atoms with van der Waals surface area (Å²) >= 11 is 0. The minimum atomic E-state index is -0.232. The number of carbonyl (C=O) groups is 1. The third-order valence-electron chi connectivity index (χ3n) is 1.68. The summed E-state index contributed by atoms with van der Waals surface area (Å²) in [5, 5.41) is 0. The highest BCUT2D eigenvalue weighted by Crippen LogP contribution is 2.16. The van der Waals surface area contributed by atoms with Crippen LogP contribution in [0.1, 0.15) is 41.0 Å². The van der Waals surface area contributed by atoms with E-state index < -0.39 is 0 Å². The zero-order valence-corrected chi connectivity index (χ0v) is 8.77. The molecule has 0 aromatic rings. The molecular formula is C10H19NO. The van der Waals surface area contributed by atoms with Crippen LogP contribution in [0.4, 0.5) is 0 Å². The fraction of sp³-hybridized carbons (Fsp3) is 0.800. The molecule has 0 fully saturated rings. The fourth-order valence-electron chi connectivity index (χ4n) is 0.823. The first-order chi connectivity index (χ1) is 5.38. The molecule has 0 saturated carbocycles. The summed E-state index contributed by atoms with van der Waals surface area (Å²) in [6, 6.07) is 0. The highest BCUT2D eigenvalue weighted by molar-refractivity contribution is 6.02. The second kappa shape index (κ2) is 4.39. The second-order valence-corrected chi connectivity index (χ2v) is 4.06. The van der Waals surface area contributed by atoms with Crippen molar-refractivity contribution < 1.29 is 4.79 Å². The minimum Gasteiger partial charge on any atom is -0.299 e. The molecule has 0 atom stereocenters. The summed E-state index contributed by atoms with van der Waals surface area (Å²) in [6.45, 7) is 10.5. The molecule has 0 radical (unpaired) electrons. The molecule has 0 bridgehead atoms. The van der Waals surface area contributed by atoms with Crippen LogP contribution in [0.3, 0.4) is 0 Å². The fourth-order valence-corrected chi connectivity index (χ4v) is 0.823. The van der Waals surface area contributed by atoms with Gasteiger partial charge in [0.25, 0.3) is 0 Å². The van der Waals surface area contributed by atoms with Crippen LogP contribution in [0.5, 0.6) is 0 Å². The zero-order valence-electron chi connectivity index (χ0n) is 8.77. The Labute approximate surface area is 75.1 Å². The van der Waals surface area contributed by atoms with Crippen molar-refractivity contribution in [2.75, 3.05) is 6.54 Å². The van der Waals surface area contributed by atoms with Crippen molar-refractivity contribution in [3.63, 3.8) is 0 Å². The molecule has 0 aliphatic heterocycles. The molecule has 0 N–H and O–H groups in total. The summed E-state index contributed by atoms with van der Waals surface area (Å²) < 4.78 is 0. The van der Waals surface area contributed by atoms with Crippen molar-refractivity contribution in [3.05, 3.63) is 0 Å². The van der Waals surface area contributed by atoms with Crippen LogP contribution in [0, 0.1) is 5.41 Å². The van der Waals surface area contributed by atoms with E-state index in [-0.39, 0.29) is 11.2 Å². The predicted molar refractivity (Wildman–Crippen MR) is 52.7 cm³/mol. The Kier molecular flexibility index (Phi) is 4.15. The van der Waals surface area contributed by atoms with Crippen molar-refractivity contribution in [3.8, 4) is 0 Å². The van der Waals surface area contributed by atoms with Gasteiger partial charge in [-0.15, -0.1) is 0 Å². The first kappa shape index (κ1) is 11.3. The molecule has 0 aliphatic rings. The molecule has 0 rings (SSSR count). The Morgan fingerprint density at radius 2 is 1.83 bits per heavy atom. The van der Waals surface area contributed by atoms with Crippen LogP contribution >= 0.6 is 0 Å². The van der Waals surface area contributed by atoms with E-state index in [0.29, 0.717) is 6.42 Å². The van der Waals surface area contributed by atoms with Gasteiger partial charge < -0.3 is 0 Å². The molecule has 2 heteroatoms. The molecule has 0 spiro atoms. The molecular weight excluding hydrogens is 150 g/mol. The summed E-state index contributed by atoms with van der Waals surface area (Å²) in [5.41, 5.74) is 0.710. The lowest BCUT2D eigenvalue weighted by Crippen LogP contribution is -2.22. The van der Waals surface area contributed by atoms with Crippen LogP contribution < -0.4 is 0 Å². The monoisotopic (exact) mass is 169 g/mol. The van der Waals surface area contributed by atoms with Gasteiger partial charge in [-0.1, -0.05) is 20.8 Å². The number of aliphatic imine (C=N–C) groups is 1. The first-order valence-electron chi connectivity index (χ1n) is 4.41. The maximum absolute atomic E-state index is 11.5. The van der Waals surface area contributed by atoms with Gasteiger partial charge in [-0.25, -0.2) is 0 Å². The van der Waals surface area contributed by atoms with Crippen LogP contribution in [-0.4, -0.2) is 18.0 Å². The van der Waals surface area contributed by atoms with E-state index in [0.717, 1.165) is 12.3 Å². The Bertz CT molecular complexity index is 187. The highest BCUT2D eigenvalue weighted by atomic mass is 16.1. The lowest BCUT2D eigenvalue weighted by molar-refractivity contribution is -0.125. The number of carbonyl (C=O) groups excluding carboxylic acids is 1. The molecule has 0 aromatic heterocycles. The van der Waals surface area contributed by atoms with E-state index in [2.05, 4.69) is 4.99 Å². The van der Waals surface area contributed by atoms with Gasteiger partial charge >= 0.3 is 0 Å².